The van der Waals surface area contributed by atoms with Gasteiger partial charge in [-0.15, -0.1) is 0 Å². The van der Waals surface area contributed by atoms with Crippen LogP contribution in [0, 0.1) is 11.3 Å². The zero-order valence-electron chi connectivity index (χ0n) is 9.53. The van der Waals surface area contributed by atoms with E-state index in [-0.39, 0.29) is 17.9 Å². The van der Waals surface area contributed by atoms with Gasteiger partial charge in [0.25, 0.3) is 0 Å². The number of ether oxygens (including phenoxy) is 1. The topological polar surface area (TPSA) is 35.2 Å². The van der Waals surface area contributed by atoms with Crippen LogP contribution < -0.4 is 5.73 Å². The first-order valence-electron chi connectivity index (χ1n) is 5.01. The molecule has 0 radical (unpaired) electrons. The molecule has 0 aromatic carbocycles. The summed E-state index contributed by atoms with van der Waals surface area (Å²) >= 11 is 0. The molecular weight excluding hydrogens is 207 g/mol. The van der Waals surface area contributed by atoms with Crippen LogP contribution in [0.3, 0.4) is 0 Å². The van der Waals surface area contributed by atoms with Crippen molar-refractivity contribution in [1.29, 1.82) is 0 Å². The molecule has 0 aromatic heterocycles. The zero-order chi connectivity index (χ0) is 12.1. The maximum atomic E-state index is 11.7. The molecule has 0 aliphatic heterocycles. The average Bonchev–Trinajstić information content (AvgIpc) is 1.99. The van der Waals surface area contributed by atoms with Gasteiger partial charge < -0.3 is 10.5 Å². The van der Waals surface area contributed by atoms with Gasteiger partial charge in [-0.1, -0.05) is 20.8 Å². The first-order chi connectivity index (χ1) is 6.67. The molecule has 2 nitrogen and oxygen atoms in total. The maximum Gasteiger partial charge on any atom is 0.411 e. The summed E-state index contributed by atoms with van der Waals surface area (Å²) in [7, 11) is 0. The highest BCUT2D eigenvalue weighted by Gasteiger charge is 2.28. The van der Waals surface area contributed by atoms with E-state index in [0.717, 1.165) is 0 Å². The minimum atomic E-state index is -4.24. The quantitative estimate of drug-likeness (QED) is 0.733. The van der Waals surface area contributed by atoms with Crippen molar-refractivity contribution < 1.29 is 17.9 Å². The van der Waals surface area contributed by atoms with Crippen molar-refractivity contribution in [3.05, 3.63) is 0 Å². The maximum absolute atomic E-state index is 11.7. The van der Waals surface area contributed by atoms with Gasteiger partial charge in [0.05, 0.1) is 0 Å². The summed E-state index contributed by atoms with van der Waals surface area (Å²) in [5.41, 5.74) is 5.56. The van der Waals surface area contributed by atoms with Crippen LogP contribution in [0.2, 0.25) is 0 Å². The SMILES string of the molecule is CC(C)(C)C(CN)CCOCC(F)(F)F. The van der Waals surface area contributed by atoms with Crippen LogP contribution in [-0.2, 0) is 4.74 Å². The average molecular weight is 227 g/mol. The second-order valence-corrected chi connectivity index (χ2v) is 4.76. The number of hydrogen-bond acceptors (Lipinski definition) is 2. The van der Waals surface area contributed by atoms with Gasteiger partial charge in [0.2, 0.25) is 0 Å². The smallest absolute Gasteiger partial charge is 0.372 e. The molecule has 1 atom stereocenters. The number of hydrogen-bond donors (Lipinski definition) is 1. The molecule has 0 amide bonds. The molecule has 92 valence electrons. The van der Waals surface area contributed by atoms with Crippen molar-refractivity contribution in [2.24, 2.45) is 17.1 Å². The van der Waals surface area contributed by atoms with Crippen molar-refractivity contribution in [3.8, 4) is 0 Å². The highest BCUT2D eigenvalue weighted by molar-refractivity contribution is 4.74. The van der Waals surface area contributed by atoms with E-state index in [1.807, 2.05) is 20.8 Å². The van der Waals surface area contributed by atoms with E-state index in [1.54, 1.807) is 0 Å². The number of halogens is 3. The third-order valence-electron chi connectivity index (χ3n) is 2.39. The zero-order valence-corrected chi connectivity index (χ0v) is 9.53. The van der Waals surface area contributed by atoms with E-state index in [0.29, 0.717) is 13.0 Å². The lowest BCUT2D eigenvalue weighted by atomic mass is 9.79. The van der Waals surface area contributed by atoms with Crippen LogP contribution in [0.4, 0.5) is 13.2 Å². The summed E-state index contributed by atoms with van der Waals surface area (Å²) in [5, 5.41) is 0. The summed E-state index contributed by atoms with van der Waals surface area (Å²) in [6.45, 7) is 5.48. The summed E-state index contributed by atoms with van der Waals surface area (Å²) in [6, 6.07) is 0. The predicted octanol–water partition coefficient (Wildman–Crippen LogP) is 2.58. The molecule has 0 rings (SSSR count). The minimum absolute atomic E-state index is 0.0103. The molecule has 5 heteroatoms. The molecule has 0 bridgehead atoms. The largest absolute Gasteiger partial charge is 0.411 e. The van der Waals surface area contributed by atoms with Crippen LogP contribution in [0.5, 0.6) is 0 Å². The third-order valence-corrected chi connectivity index (χ3v) is 2.39. The molecule has 0 saturated heterocycles. The molecule has 2 N–H and O–H groups in total. The lowest BCUT2D eigenvalue weighted by Gasteiger charge is -2.29. The standard InChI is InChI=1S/C10H20F3NO/c1-9(2,3)8(6-14)4-5-15-7-10(11,12)13/h8H,4-7,14H2,1-3H3. The molecule has 0 fully saturated rings. The van der Waals surface area contributed by atoms with E-state index in [2.05, 4.69) is 4.74 Å². The second-order valence-electron chi connectivity index (χ2n) is 4.76. The lowest BCUT2D eigenvalue weighted by Crippen LogP contribution is -2.29. The van der Waals surface area contributed by atoms with Gasteiger partial charge in [-0.25, -0.2) is 0 Å². The Kier molecular flexibility index (Phi) is 5.59. The van der Waals surface area contributed by atoms with E-state index < -0.39 is 12.8 Å². The van der Waals surface area contributed by atoms with Crippen molar-refractivity contribution in [2.45, 2.75) is 33.4 Å². The van der Waals surface area contributed by atoms with Crippen LogP contribution in [0.25, 0.3) is 0 Å². The monoisotopic (exact) mass is 227 g/mol. The van der Waals surface area contributed by atoms with E-state index >= 15 is 0 Å². The van der Waals surface area contributed by atoms with Gasteiger partial charge in [0.15, 0.2) is 0 Å². The van der Waals surface area contributed by atoms with Crippen LogP contribution in [-0.4, -0.2) is 25.9 Å². The van der Waals surface area contributed by atoms with Gasteiger partial charge in [-0.05, 0) is 24.3 Å². The molecule has 0 heterocycles. The third kappa shape index (κ3) is 7.62. The van der Waals surface area contributed by atoms with Gasteiger partial charge in [0.1, 0.15) is 6.61 Å². The van der Waals surface area contributed by atoms with Crippen LogP contribution >= 0.6 is 0 Å². The summed E-state index contributed by atoms with van der Waals surface area (Å²) in [4.78, 5) is 0. The van der Waals surface area contributed by atoms with Crippen molar-refractivity contribution in [3.63, 3.8) is 0 Å². The Labute approximate surface area is 89.0 Å². The fraction of sp³-hybridized carbons (Fsp3) is 1.00. The Morgan fingerprint density at radius 1 is 1.20 bits per heavy atom. The molecule has 0 spiro atoms. The van der Waals surface area contributed by atoms with Crippen LogP contribution in [0.1, 0.15) is 27.2 Å². The van der Waals surface area contributed by atoms with E-state index in [1.165, 1.54) is 0 Å². The second kappa shape index (κ2) is 5.70. The molecule has 0 aromatic rings. The minimum Gasteiger partial charge on any atom is -0.372 e. The predicted molar refractivity (Wildman–Crippen MR) is 53.5 cm³/mol. The highest BCUT2D eigenvalue weighted by atomic mass is 19.4. The fourth-order valence-corrected chi connectivity index (χ4v) is 1.32. The number of nitrogens with two attached hydrogens (primary N) is 1. The number of rotatable bonds is 5. The van der Waals surface area contributed by atoms with Crippen molar-refractivity contribution in [2.75, 3.05) is 19.8 Å². The first kappa shape index (κ1) is 14.7. The molecular formula is C10H20F3NO. The normalized spacial score (nSPS) is 15.4. The molecule has 1 unspecified atom stereocenters. The highest BCUT2D eigenvalue weighted by Crippen LogP contribution is 2.27. The molecule has 0 saturated carbocycles. The van der Waals surface area contributed by atoms with Crippen molar-refractivity contribution in [1.82, 2.24) is 0 Å². The van der Waals surface area contributed by atoms with E-state index in [4.69, 9.17) is 5.73 Å². The van der Waals surface area contributed by atoms with Crippen LogP contribution in [0.15, 0.2) is 0 Å². The first-order valence-corrected chi connectivity index (χ1v) is 5.01. The Morgan fingerprint density at radius 3 is 2.07 bits per heavy atom. The van der Waals surface area contributed by atoms with E-state index in [9.17, 15) is 13.2 Å². The Bertz CT molecular complexity index is 174. The number of alkyl halides is 3. The summed E-state index contributed by atoms with van der Waals surface area (Å²) in [5.74, 6) is 0.186. The fourth-order valence-electron chi connectivity index (χ4n) is 1.32. The lowest BCUT2D eigenvalue weighted by molar-refractivity contribution is -0.174. The Morgan fingerprint density at radius 2 is 1.73 bits per heavy atom. The Hall–Kier alpha value is -0.290. The summed E-state index contributed by atoms with van der Waals surface area (Å²) in [6.07, 6.45) is -3.67. The molecule has 0 aliphatic rings. The Balaban J connectivity index is 3.75. The van der Waals surface area contributed by atoms with Crippen molar-refractivity contribution >= 4 is 0 Å². The molecule has 0 aliphatic carbocycles. The van der Waals surface area contributed by atoms with Gasteiger partial charge in [-0.3, -0.25) is 0 Å². The summed E-state index contributed by atoms with van der Waals surface area (Å²) < 4.78 is 39.8. The molecule has 15 heavy (non-hydrogen) atoms. The van der Waals surface area contributed by atoms with Gasteiger partial charge >= 0.3 is 6.18 Å². The van der Waals surface area contributed by atoms with Gasteiger partial charge in [0, 0.05) is 6.61 Å². The van der Waals surface area contributed by atoms with Gasteiger partial charge in [-0.2, -0.15) is 13.2 Å².